The zero-order chi connectivity index (χ0) is 6.81. The van der Waals surface area contributed by atoms with Crippen molar-refractivity contribution in [3.8, 4) is 0 Å². The summed E-state index contributed by atoms with van der Waals surface area (Å²) in [6, 6.07) is 10.2. The van der Waals surface area contributed by atoms with Gasteiger partial charge in [0.05, 0.1) is 6.54 Å². The first-order valence-corrected chi connectivity index (χ1v) is 3.26. The van der Waals surface area contributed by atoms with Crippen LogP contribution in [-0.4, -0.2) is 5.06 Å². The monoisotopic (exact) mass is 134 g/mol. The molecule has 0 aliphatic carbocycles. The molecule has 1 aliphatic heterocycles. The fourth-order valence-corrected chi connectivity index (χ4v) is 0.871. The van der Waals surface area contributed by atoms with Crippen LogP contribution in [0.3, 0.4) is 0 Å². The summed E-state index contributed by atoms with van der Waals surface area (Å²) in [4.78, 5) is 4.82. The molecule has 0 spiro atoms. The minimum atomic E-state index is 0.862. The van der Waals surface area contributed by atoms with Crippen LogP contribution in [0, 0.1) is 6.73 Å². The Morgan fingerprint density at radius 3 is 2.50 bits per heavy atom. The summed E-state index contributed by atoms with van der Waals surface area (Å²) in [7, 11) is 0. The van der Waals surface area contributed by atoms with Gasteiger partial charge in [-0.1, -0.05) is 30.3 Å². The Balaban J connectivity index is 2.03. The highest BCUT2D eigenvalue weighted by atomic mass is 16.8. The Morgan fingerprint density at radius 1 is 1.20 bits per heavy atom. The maximum Gasteiger partial charge on any atom is 0.198 e. The first-order valence-electron chi connectivity index (χ1n) is 3.26. The van der Waals surface area contributed by atoms with Crippen LogP contribution >= 0.6 is 0 Å². The maximum atomic E-state index is 4.82. The van der Waals surface area contributed by atoms with E-state index in [1.54, 1.807) is 11.8 Å². The summed E-state index contributed by atoms with van der Waals surface area (Å²) in [6.07, 6.45) is 0. The van der Waals surface area contributed by atoms with Crippen molar-refractivity contribution in [2.75, 3.05) is 0 Å². The highest BCUT2D eigenvalue weighted by Crippen LogP contribution is 2.17. The maximum absolute atomic E-state index is 4.82. The highest BCUT2D eigenvalue weighted by Gasteiger charge is 2.19. The molecule has 1 radical (unpaired) electrons. The molecule has 1 aliphatic rings. The van der Waals surface area contributed by atoms with E-state index in [4.69, 9.17) is 4.84 Å². The molecule has 2 heteroatoms. The summed E-state index contributed by atoms with van der Waals surface area (Å²) in [6.45, 7) is 2.56. The second-order valence-electron chi connectivity index (χ2n) is 2.27. The average Bonchev–Trinajstić information content (AvgIpc) is 2.74. The van der Waals surface area contributed by atoms with Gasteiger partial charge in [-0.15, -0.1) is 5.06 Å². The molecule has 1 heterocycles. The molecule has 0 saturated carbocycles. The van der Waals surface area contributed by atoms with E-state index >= 15 is 0 Å². The molecule has 1 unspecified atom stereocenters. The largest absolute Gasteiger partial charge is 0.270 e. The summed E-state index contributed by atoms with van der Waals surface area (Å²) in [5.74, 6) is 0. The average molecular weight is 134 g/mol. The van der Waals surface area contributed by atoms with Crippen LogP contribution < -0.4 is 0 Å². The van der Waals surface area contributed by atoms with Crippen molar-refractivity contribution in [3.63, 3.8) is 0 Å². The van der Waals surface area contributed by atoms with Crippen LogP contribution in [-0.2, 0) is 11.4 Å². The molecule has 10 heavy (non-hydrogen) atoms. The predicted octanol–water partition coefficient (Wildman–Crippen LogP) is 1.55. The molecule has 51 valence electrons. The third kappa shape index (κ3) is 1.35. The van der Waals surface area contributed by atoms with E-state index in [0.29, 0.717) is 0 Å². The number of hydrogen-bond acceptors (Lipinski definition) is 2. The van der Waals surface area contributed by atoms with Gasteiger partial charge in [0.25, 0.3) is 0 Å². The Labute approximate surface area is 60.0 Å². The van der Waals surface area contributed by atoms with E-state index in [9.17, 15) is 0 Å². The molecule has 1 fully saturated rings. The van der Waals surface area contributed by atoms with E-state index in [0.717, 1.165) is 6.54 Å². The van der Waals surface area contributed by atoms with Crippen LogP contribution in [0.1, 0.15) is 5.56 Å². The highest BCUT2D eigenvalue weighted by molar-refractivity contribution is 5.14. The molecular formula is C8H8NO. The van der Waals surface area contributed by atoms with Crippen molar-refractivity contribution in [1.82, 2.24) is 5.06 Å². The molecule has 0 amide bonds. The predicted molar refractivity (Wildman–Crippen MR) is 37.4 cm³/mol. The molecule has 0 bridgehead atoms. The summed E-state index contributed by atoms with van der Waals surface area (Å²) >= 11 is 0. The normalized spacial score (nSPS) is 22.6. The SMILES string of the molecule is [CH]1ON1Cc1ccccc1. The first kappa shape index (κ1) is 5.89. The number of rotatable bonds is 2. The minimum absolute atomic E-state index is 0.862. The quantitative estimate of drug-likeness (QED) is 0.570. The second-order valence-corrected chi connectivity index (χ2v) is 2.27. The molecule has 0 N–H and O–H groups in total. The Hall–Kier alpha value is -0.860. The minimum Gasteiger partial charge on any atom is -0.270 e. The molecule has 2 rings (SSSR count). The molecule has 2 nitrogen and oxygen atoms in total. The number of hydroxylamine groups is 2. The van der Waals surface area contributed by atoms with Gasteiger partial charge in [0, 0.05) is 0 Å². The van der Waals surface area contributed by atoms with Crippen LogP contribution in [0.25, 0.3) is 0 Å². The van der Waals surface area contributed by atoms with Crippen molar-refractivity contribution in [1.29, 1.82) is 0 Å². The second kappa shape index (κ2) is 2.40. The zero-order valence-corrected chi connectivity index (χ0v) is 5.53. The van der Waals surface area contributed by atoms with E-state index in [-0.39, 0.29) is 0 Å². The third-order valence-electron chi connectivity index (χ3n) is 1.44. The van der Waals surface area contributed by atoms with Gasteiger partial charge in [-0.2, -0.15) is 0 Å². The van der Waals surface area contributed by atoms with Gasteiger partial charge in [0.2, 0.25) is 0 Å². The smallest absolute Gasteiger partial charge is 0.198 e. The van der Waals surface area contributed by atoms with Gasteiger partial charge < -0.3 is 0 Å². The molecule has 1 atom stereocenters. The Kier molecular flexibility index (Phi) is 1.42. The molecule has 1 saturated heterocycles. The van der Waals surface area contributed by atoms with E-state index in [2.05, 4.69) is 12.1 Å². The van der Waals surface area contributed by atoms with Crippen molar-refractivity contribution in [2.45, 2.75) is 6.54 Å². The van der Waals surface area contributed by atoms with Crippen LogP contribution in [0.4, 0.5) is 0 Å². The fourth-order valence-electron chi connectivity index (χ4n) is 0.871. The lowest BCUT2D eigenvalue weighted by molar-refractivity contribution is 0.195. The lowest BCUT2D eigenvalue weighted by atomic mass is 10.2. The number of nitrogens with zero attached hydrogens (tertiary/aromatic N) is 1. The van der Waals surface area contributed by atoms with E-state index < -0.39 is 0 Å². The lowest BCUT2D eigenvalue weighted by Crippen LogP contribution is -1.93. The molecule has 1 aromatic rings. The summed E-state index contributed by atoms with van der Waals surface area (Å²) < 4.78 is 0. The van der Waals surface area contributed by atoms with E-state index in [1.165, 1.54) is 5.56 Å². The van der Waals surface area contributed by atoms with Crippen LogP contribution in [0.15, 0.2) is 30.3 Å². The summed E-state index contributed by atoms with van der Waals surface area (Å²) in [5.41, 5.74) is 1.27. The topological polar surface area (TPSA) is 15.5 Å². The number of benzene rings is 1. The Bertz CT molecular complexity index is 206. The third-order valence-corrected chi connectivity index (χ3v) is 1.44. The van der Waals surface area contributed by atoms with Crippen molar-refractivity contribution >= 4 is 0 Å². The van der Waals surface area contributed by atoms with Crippen molar-refractivity contribution in [3.05, 3.63) is 42.6 Å². The van der Waals surface area contributed by atoms with Gasteiger partial charge in [0.15, 0.2) is 6.73 Å². The molecular weight excluding hydrogens is 126 g/mol. The van der Waals surface area contributed by atoms with Gasteiger partial charge in [-0.05, 0) is 5.56 Å². The molecule has 1 aromatic carbocycles. The van der Waals surface area contributed by atoms with E-state index in [1.807, 2.05) is 18.2 Å². The van der Waals surface area contributed by atoms with Crippen LogP contribution in [0.2, 0.25) is 0 Å². The summed E-state index contributed by atoms with van der Waals surface area (Å²) in [5, 5.41) is 1.79. The number of hydrogen-bond donors (Lipinski definition) is 0. The standard InChI is InChI=1S/C8H8NO/c1-2-4-8(5-3-1)6-9-7-10-9/h1-5,7H,6H2. The fraction of sp³-hybridized carbons (Fsp3) is 0.125. The van der Waals surface area contributed by atoms with Crippen molar-refractivity contribution in [2.24, 2.45) is 0 Å². The van der Waals surface area contributed by atoms with Gasteiger partial charge in [-0.25, -0.2) is 0 Å². The Morgan fingerprint density at radius 2 is 1.90 bits per heavy atom. The van der Waals surface area contributed by atoms with Gasteiger partial charge >= 0.3 is 0 Å². The van der Waals surface area contributed by atoms with Crippen LogP contribution in [0.5, 0.6) is 0 Å². The first-order chi connectivity index (χ1) is 4.95. The zero-order valence-electron chi connectivity index (χ0n) is 5.53. The van der Waals surface area contributed by atoms with Gasteiger partial charge in [0.1, 0.15) is 0 Å². The molecule has 0 aromatic heterocycles. The van der Waals surface area contributed by atoms with Crippen molar-refractivity contribution < 1.29 is 4.84 Å². The lowest BCUT2D eigenvalue weighted by Gasteiger charge is -1.95. The van der Waals surface area contributed by atoms with Gasteiger partial charge in [-0.3, -0.25) is 4.84 Å².